The van der Waals surface area contributed by atoms with Crippen LogP contribution >= 0.6 is 15.9 Å². The zero-order chi connectivity index (χ0) is 17.7. The van der Waals surface area contributed by atoms with Gasteiger partial charge in [-0.15, -0.1) is 0 Å². The maximum Gasteiger partial charge on any atom is 0.277 e. The highest BCUT2D eigenvalue weighted by Crippen LogP contribution is 2.26. The van der Waals surface area contributed by atoms with E-state index in [0.717, 1.165) is 39.7 Å². The first-order valence-electron chi connectivity index (χ1n) is 7.93. The maximum absolute atomic E-state index is 11.9. The van der Waals surface area contributed by atoms with Crippen LogP contribution in [0.2, 0.25) is 0 Å². The fourth-order valence-electron chi connectivity index (χ4n) is 2.44. The fraction of sp³-hybridized carbons (Fsp3) is 0.368. The number of benzene rings is 1. The third kappa shape index (κ3) is 5.06. The average molecular weight is 391 g/mol. The van der Waals surface area contributed by atoms with Gasteiger partial charge in [0.1, 0.15) is 5.75 Å². The highest BCUT2D eigenvalue weighted by Gasteiger charge is 2.18. The van der Waals surface area contributed by atoms with Gasteiger partial charge in [-0.05, 0) is 68.9 Å². The van der Waals surface area contributed by atoms with Crippen molar-refractivity contribution in [3.63, 3.8) is 0 Å². The summed E-state index contributed by atoms with van der Waals surface area (Å²) in [5, 5.41) is 4.26. The molecule has 2 rings (SSSR count). The van der Waals surface area contributed by atoms with Crippen LogP contribution in [0.1, 0.15) is 32.3 Å². The number of carbonyl (C=O) groups excluding carboxylic acids is 1. The van der Waals surface area contributed by atoms with Crippen molar-refractivity contribution in [3.05, 3.63) is 52.0 Å². The Kier molecular flexibility index (Phi) is 6.37. The number of hydrogen-bond donors (Lipinski definition) is 1. The van der Waals surface area contributed by atoms with Gasteiger partial charge in [-0.2, -0.15) is 5.10 Å². The van der Waals surface area contributed by atoms with E-state index in [0.29, 0.717) is 11.7 Å². The average Bonchev–Trinajstić information content (AvgIpc) is 2.55. The molecule has 1 aliphatic rings. The van der Waals surface area contributed by atoms with Crippen LogP contribution in [0.3, 0.4) is 0 Å². The molecule has 0 saturated carbocycles. The van der Waals surface area contributed by atoms with Crippen molar-refractivity contribution in [1.82, 2.24) is 5.43 Å². The second kappa shape index (κ2) is 8.29. The molecule has 0 saturated heterocycles. The topological polar surface area (TPSA) is 50.7 Å². The summed E-state index contributed by atoms with van der Waals surface area (Å²) < 4.78 is 6.51. The van der Waals surface area contributed by atoms with Gasteiger partial charge in [0.25, 0.3) is 5.91 Å². The summed E-state index contributed by atoms with van der Waals surface area (Å²) in [6.45, 7) is 9.97. The molecule has 1 atom stereocenters. The van der Waals surface area contributed by atoms with E-state index in [1.54, 1.807) is 0 Å². The lowest BCUT2D eigenvalue weighted by molar-refractivity contribution is -0.123. The van der Waals surface area contributed by atoms with Crippen molar-refractivity contribution in [3.8, 4) is 5.75 Å². The molecular formula is C19H23BrN2O2. The van der Waals surface area contributed by atoms with Gasteiger partial charge in [0.15, 0.2) is 6.61 Å². The normalized spacial score (nSPS) is 18.9. The van der Waals surface area contributed by atoms with Crippen LogP contribution in [-0.4, -0.2) is 18.2 Å². The molecule has 0 radical (unpaired) electrons. The predicted molar refractivity (Wildman–Crippen MR) is 101 cm³/mol. The van der Waals surface area contributed by atoms with Crippen LogP contribution in [-0.2, 0) is 4.79 Å². The number of hydrogen-bond acceptors (Lipinski definition) is 3. The largest absolute Gasteiger partial charge is 0.484 e. The van der Waals surface area contributed by atoms with E-state index < -0.39 is 0 Å². The first kappa shape index (κ1) is 18.5. The van der Waals surface area contributed by atoms with Crippen molar-refractivity contribution in [2.75, 3.05) is 6.61 Å². The summed E-state index contributed by atoms with van der Waals surface area (Å²) in [6, 6.07) is 5.60. The van der Waals surface area contributed by atoms with E-state index in [2.05, 4.69) is 39.1 Å². The maximum atomic E-state index is 11.9. The number of hydrazone groups is 1. The van der Waals surface area contributed by atoms with Crippen LogP contribution in [0.5, 0.6) is 5.75 Å². The third-order valence-electron chi connectivity index (χ3n) is 4.12. The molecule has 1 N–H and O–H groups in total. The van der Waals surface area contributed by atoms with Gasteiger partial charge < -0.3 is 4.74 Å². The number of ether oxygens (including phenoxy) is 1. The number of amides is 1. The predicted octanol–water partition coefficient (Wildman–Crippen LogP) is 4.54. The van der Waals surface area contributed by atoms with Crippen molar-refractivity contribution >= 4 is 27.5 Å². The van der Waals surface area contributed by atoms with Gasteiger partial charge in [-0.3, -0.25) is 4.79 Å². The van der Waals surface area contributed by atoms with Crippen LogP contribution < -0.4 is 10.2 Å². The van der Waals surface area contributed by atoms with E-state index in [4.69, 9.17) is 4.74 Å². The molecule has 0 aliphatic heterocycles. The lowest BCUT2D eigenvalue weighted by Crippen LogP contribution is -2.27. The van der Waals surface area contributed by atoms with Gasteiger partial charge in [0, 0.05) is 4.47 Å². The minimum atomic E-state index is -0.270. The molecule has 1 aromatic carbocycles. The molecular weight excluding hydrogens is 368 g/mol. The molecule has 4 nitrogen and oxygen atoms in total. The summed E-state index contributed by atoms with van der Waals surface area (Å²) in [5.41, 5.74) is 6.80. The zero-order valence-corrected chi connectivity index (χ0v) is 15.9. The van der Waals surface area contributed by atoms with Gasteiger partial charge in [-0.25, -0.2) is 5.43 Å². The molecule has 1 aromatic rings. The van der Waals surface area contributed by atoms with Crippen molar-refractivity contribution in [2.45, 2.75) is 33.6 Å². The Balaban J connectivity index is 1.90. The summed E-state index contributed by atoms with van der Waals surface area (Å²) in [4.78, 5) is 11.9. The quantitative estimate of drug-likeness (QED) is 0.592. The molecule has 1 aliphatic carbocycles. The zero-order valence-electron chi connectivity index (χ0n) is 14.4. The van der Waals surface area contributed by atoms with Crippen LogP contribution in [0, 0.1) is 12.8 Å². The highest BCUT2D eigenvalue weighted by molar-refractivity contribution is 9.10. The molecule has 24 heavy (non-hydrogen) atoms. The van der Waals surface area contributed by atoms with Gasteiger partial charge in [-0.1, -0.05) is 34.2 Å². The number of allylic oxidation sites excluding steroid dienone is 3. The summed E-state index contributed by atoms with van der Waals surface area (Å²) in [5.74, 6) is 0.786. The smallest absolute Gasteiger partial charge is 0.277 e. The Hall–Kier alpha value is -1.88. The lowest BCUT2D eigenvalue weighted by atomic mass is 9.85. The number of carbonyl (C=O) groups is 1. The van der Waals surface area contributed by atoms with Crippen LogP contribution in [0.25, 0.3) is 0 Å². The standard InChI is InChI=1S/C19H23BrN2O2/c1-12(2)15-6-5-13(3)18(10-15)21-22-19(23)11-24-16-7-8-17(20)14(4)9-16/h5,7-9,15H,1,6,10-11H2,2-4H3,(H,22,23). The Morgan fingerprint density at radius 2 is 2.21 bits per heavy atom. The molecule has 5 heteroatoms. The summed E-state index contributed by atoms with van der Waals surface area (Å²) in [7, 11) is 0. The van der Waals surface area contributed by atoms with Gasteiger partial charge in [0.2, 0.25) is 0 Å². The third-order valence-corrected chi connectivity index (χ3v) is 5.01. The highest BCUT2D eigenvalue weighted by atomic mass is 79.9. The van der Waals surface area contributed by atoms with E-state index >= 15 is 0 Å². The van der Waals surface area contributed by atoms with E-state index in [-0.39, 0.29) is 12.5 Å². The number of halogens is 1. The SMILES string of the molecule is C=C(C)C1CC=C(C)C(=NNC(=O)COc2ccc(Br)c(C)c2)C1. The molecule has 0 heterocycles. The van der Waals surface area contributed by atoms with Crippen molar-refractivity contribution in [1.29, 1.82) is 0 Å². The molecule has 0 bridgehead atoms. The molecule has 0 aromatic heterocycles. The number of nitrogens with zero attached hydrogens (tertiary/aromatic N) is 1. The fourth-order valence-corrected chi connectivity index (χ4v) is 2.69. The number of nitrogens with one attached hydrogen (secondary N) is 1. The van der Waals surface area contributed by atoms with Crippen molar-refractivity contribution in [2.24, 2.45) is 11.0 Å². The van der Waals surface area contributed by atoms with Crippen molar-refractivity contribution < 1.29 is 9.53 Å². The molecule has 1 unspecified atom stereocenters. The van der Waals surface area contributed by atoms with E-state index in [1.807, 2.05) is 39.0 Å². The Morgan fingerprint density at radius 3 is 2.88 bits per heavy atom. The molecule has 0 fully saturated rings. The van der Waals surface area contributed by atoms with Crippen LogP contribution in [0.15, 0.2) is 51.6 Å². The monoisotopic (exact) mass is 390 g/mol. The molecule has 128 valence electrons. The summed E-state index contributed by atoms with van der Waals surface area (Å²) >= 11 is 3.43. The van der Waals surface area contributed by atoms with Gasteiger partial charge >= 0.3 is 0 Å². The van der Waals surface area contributed by atoms with E-state index in [9.17, 15) is 4.79 Å². The second-order valence-electron chi connectivity index (χ2n) is 6.16. The first-order valence-corrected chi connectivity index (χ1v) is 8.73. The number of rotatable bonds is 5. The molecule has 1 amide bonds. The lowest BCUT2D eigenvalue weighted by Gasteiger charge is -2.22. The first-order chi connectivity index (χ1) is 11.4. The second-order valence-corrected chi connectivity index (χ2v) is 7.02. The Labute approximate surface area is 151 Å². The van der Waals surface area contributed by atoms with Crippen LogP contribution in [0.4, 0.5) is 0 Å². The number of aryl methyl sites for hydroxylation is 1. The minimum Gasteiger partial charge on any atom is -0.484 e. The van der Waals surface area contributed by atoms with E-state index in [1.165, 1.54) is 0 Å². The summed E-state index contributed by atoms with van der Waals surface area (Å²) in [6.07, 6.45) is 3.94. The molecule has 0 spiro atoms. The van der Waals surface area contributed by atoms with Gasteiger partial charge in [0.05, 0.1) is 5.71 Å². The Bertz CT molecular complexity index is 707. The minimum absolute atomic E-state index is 0.0650. The Morgan fingerprint density at radius 1 is 1.46 bits per heavy atom.